The third-order valence-corrected chi connectivity index (χ3v) is 5.25. The van der Waals surface area contributed by atoms with Gasteiger partial charge in [-0.2, -0.15) is 11.8 Å². The van der Waals surface area contributed by atoms with Crippen molar-refractivity contribution in [1.29, 1.82) is 0 Å². The number of ether oxygens (including phenoxy) is 1. The maximum absolute atomic E-state index is 5.10. The van der Waals surface area contributed by atoms with Gasteiger partial charge in [0.2, 0.25) is 0 Å². The van der Waals surface area contributed by atoms with E-state index in [1.54, 1.807) is 7.11 Å². The fourth-order valence-electron chi connectivity index (χ4n) is 2.35. The SMILES string of the molecule is CCSCCCC(CNCCOC)Cc1ccccc1Br. The van der Waals surface area contributed by atoms with Crippen molar-refractivity contribution < 1.29 is 4.74 Å². The monoisotopic (exact) mass is 373 g/mol. The number of benzene rings is 1. The smallest absolute Gasteiger partial charge is 0.0587 e. The molecule has 1 aromatic rings. The molecule has 1 atom stereocenters. The average molecular weight is 374 g/mol. The van der Waals surface area contributed by atoms with Crippen LogP contribution >= 0.6 is 27.7 Å². The molecule has 4 heteroatoms. The van der Waals surface area contributed by atoms with E-state index in [0.29, 0.717) is 5.92 Å². The molecular weight excluding hydrogens is 346 g/mol. The van der Waals surface area contributed by atoms with Gasteiger partial charge in [0.25, 0.3) is 0 Å². The molecule has 0 aliphatic rings. The van der Waals surface area contributed by atoms with Gasteiger partial charge in [0, 0.05) is 18.1 Å². The number of methoxy groups -OCH3 is 1. The van der Waals surface area contributed by atoms with Crippen LogP contribution < -0.4 is 5.32 Å². The Kier molecular flexibility index (Phi) is 11.3. The van der Waals surface area contributed by atoms with Gasteiger partial charge in [0.1, 0.15) is 0 Å². The minimum absolute atomic E-state index is 0.693. The van der Waals surface area contributed by atoms with Crippen LogP contribution in [0.3, 0.4) is 0 Å². The Morgan fingerprint density at radius 3 is 2.86 bits per heavy atom. The molecule has 0 aliphatic heterocycles. The Balaban J connectivity index is 2.44. The van der Waals surface area contributed by atoms with Crippen LogP contribution in [0.1, 0.15) is 25.3 Å². The van der Waals surface area contributed by atoms with Crippen LogP contribution in [-0.4, -0.2) is 38.3 Å². The van der Waals surface area contributed by atoms with Crippen LogP contribution in [0.15, 0.2) is 28.7 Å². The van der Waals surface area contributed by atoms with E-state index in [-0.39, 0.29) is 0 Å². The predicted octanol–water partition coefficient (Wildman–Crippen LogP) is 4.38. The zero-order valence-electron chi connectivity index (χ0n) is 13.2. The molecule has 1 rings (SSSR count). The molecule has 0 heterocycles. The van der Waals surface area contributed by atoms with Crippen molar-refractivity contribution in [2.75, 3.05) is 38.3 Å². The van der Waals surface area contributed by atoms with Gasteiger partial charge in [-0.25, -0.2) is 0 Å². The molecule has 0 aromatic heterocycles. The molecule has 1 unspecified atom stereocenters. The lowest BCUT2D eigenvalue weighted by Gasteiger charge is -2.18. The van der Waals surface area contributed by atoms with Crippen molar-refractivity contribution in [1.82, 2.24) is 5.32 Å². The van der Waals surface area contributed by atoms with Crippen molar-refractivity contribution in [2.24, 2.45) is 5.92 Å². The summed E-state index contributed by atoms with van der Waals surface area (Å²) >= 11 is 5.71. The molecule has 0 aliphatic carbocycles. The number of rotatable bonds is 12. The molecule has 0 radical (unpaired) electrons. The topological polar surface area (TPSA) is 21.3 Å². The molecular formula is C17H28BrNOS. The van der Waals surface area contributed by atoms with E-state index in [0.717, 1.165) is 26.1 Å². The second-order valence-corrected chi connectivity index (χ2v) is 7.45. The lowest BCUT2D eigenvalue weighted by molar-refractivity contribution is 0.197. The summed E-state index contributed by atoms with van der Waals surface area (Å²) < 4.78 is 6.33. The van der Waals surface area contributed by atoms with Crippen LogP contribution in [0.2, 0.25) is 0 Å². The summed E-state index contributed by atoms with van der Waals surface area (Å²) in [6.45, 7) is 5.02. The normalized spacial score (nSPS) is 12.5. The fraction of sp³-hybridized carbons (Fsp3) is 0.647. The van der Waals surface area contributed by atoms with Crippen molar-refractivity contribution in [2.45, 2.75) is 26.2 Å². The molecule has 0 spiro atoms. The van der Waals surface area contributed by atoms with E-state index in [1.165, 1.54) is 34.4 Å². The maximum atomic E-state index is 5.10. The first-order valence-electron chi connectivity index (χ1n) is 7.78. The summed E-state index contributed by atoms with van der Waals surface area (Å²) in [5.41, 5.74) is 1.42. The average Bonchev–Trinajstić information content (AvgIpc) is 2.50. The Morgan fingerprint density at radius 1 is 1.33 bits per heavy atom. The van der Waals surface area contributed by atoms with E-state index in [1.807, 2.05) is 11.8 Å². The molecule has 0 bridgehead atoms. The van der Waals surface area contributed by atoms with Gasteiger partial charge in [-0.3, -0.25) is 0 Å². The Labute approximate surface area is 142 Å². The van der Waals surface area contributed by atoms with Gasteiger partial charge in [0.05, 0.1) is 6.61 Å². The third-order valence-electron chi connectivity index (χ3n) is 3.49. The molecule has 21 heavy (non-hydrogen) atoms. The van der Waals surface area contributed by atoms with Gasteiger partial charge in [-0.05, 0) is 54.9 Å². The van der Waals surface area contributed by atoms with Crippen molar-refractivity contribution in [3.8, 4) is 0 Å². The van der Waals surface area contributed by atoms with Crippen molar-refractivity contribution in [3.63, 3.8) is 0 Å². The first-order chi connectivity index (χ1) is 10.3. The Bertz CT molecular complexity index is 364. The summed E-state index contributed by atoms with van der Waals surface area (Å²) in [5.74, 6) is 3.19. The van der Waals surface area contributed by atoms with Crippen LogP contribution in [0, 0.1) is 5.92 Å². The summed E-state index contributed by atoms with van der Waals surface area (Å²) in [4.78, 5) is 0. The molecule has 0 fully saturated rings. The molecule has 0 amide bonds. The second-order valence-electron chi connectivity index (χ2n) is 5.20. The van der Waals surface area contributed by atoms with Crippen LogP contribution in [-0.2, 0) is 11.2 Å². The van der Waals surface area contributed by atoms with E-state index >= 15 is 0 Å². The zero-order valence-corrected chi connectivity index (χ0v) is 15.6. The van der Waals surface area contributed by atoms with Crippen molar-refractivity contribution in [3.05, 3.63) is 34.3 Å². The minimum atomic E-state index is 0.693. The van der Waals surface area contributed by atoms with Crippen LogP contribution in [0.25, 0.3) is 0 Å². The van der Waals surface area contributed by atoms with Gasteiger partial charge in [-0.15, -0.1) is 0 Å². The minimum Gasteiger partial charge on any atom is -0.383 e. The summed E-state index contributed by atoms with van der Waals surface area (Å²) in [7, 11) is 1.75. The third kappa shape index (κ3) is 8.87. The maximum Gasteiger partial charge on any atom is 0.0587 e. The highest BCUT2D eigenvalue weighted by Crippen LogP contribution is 2.22. The highest BCUT2D eigenvalue weighted by Gasteiger charge is 2.11. The van der Waals surface area contributed by atoms with Gasteiger partial charge in [0.15, 0.2) is 0 Å². The molecule has 0 saturated heterocycles. The van der Waals surface area contributed by atoms with Crippen LogP contribution in [0.5, 0.6) is 0 Å². The van der Waals surface area contributed by atoms with Gasteiger partial charge in [-0.1, -0.05) is 41.1 Å². The summed E-state index contributed by atoms with van der Waals surface area (Å²) in [5, 5.41) is 3.52. The van der Waals surface area contributed by atoms with E-state index in [9.17, 15) is 0 Å². The number of nitrogens with one attached hydrogen (secondary N) is 1. The quantitative estimate of drug-likeness (QED) is 0.549. The standard InChI is InChI=1S/C17H28BrNOS/c1-3-21-12-6-7-15(14-19-10-11-20-2)13-16-8-4-5-9-17(16)18/h4-5,8-9,15,19H,3,6-7,10-14H2,1-2H3. The lowest BCUT2D eigenvalue weighted by atomic mass is 9.95. The molecule has 0 saturated carbocycles. The van der Waals surface area contributed by atoms with E-state index in [4.69, 9.17) is 4.74 Å². The first kappa shape index (κ1) is 19.0. The predicted molar refractivity (Wildman–Crippen MR) is 98.3 cm³/mol. The summed E-state index contributed by atoms with van der Waals surface area (Å²) in [6, 6.07) is 8.57. The Hall–Kier alpha value is -0.0300. The summed E-state index contributed by atoms with van der Waals surface area (Å²) in [6.07, 6.45) is 3.73. The fourth-order valence-corrected chi connectivity index (χ4v) is 3.46. The molecule has 1 N–H and O–H groups in total. The van der Waals surface area contributed by atoms with E-state index < -0.39 is 0 Å². The van der Waals surface area contributed by atoms with Gasteiger partial charge < -0.3 is 10.1 Å². The number of hydrogen-bond acceptors (Lipinski definition) is 3. The number of halogens is 1. The highest BCUT2D eigenvalue weighted by molar-refractivity contribution is 9.10. The second kappa shape index (κ2) is 12.5. The highest BCUT2D eigenvalue weighted by atomic mass is 79.9. The Morgan fingerprint density at radius 2 is 2.14 bits per heavy atom. The van der Waals surface area contributed by atoms with Crippen LogP contribution in [0.4, 0.5) is 0 Å². The van der Waals surface area contributed by atoms with Gasteiger partial charge >= 0.3 is 0 Å². The largest absolute Gasteiger partial charge is 0.383 e. The molecule has 2 nitrogen and oxygen atoms in total. The van der Waals surface area contributed by atoms with Crippen molar-refractivity contribution >= 4 is 27.7 Å². The lowest BCUT2D eigenvalue weighted by Crippen LogP contribution is -2.27. The molecule has 1 aromatic carbocycles. The zero-order chi connectivity index (χ0) is 15.3. The first-order valence-corrected chi connectivity index (χ1v) is 9.73. The van der Waals surface area contributed by atoms with E-state index in [2.05, 4.69) is 52.4 Å². The number of thioether (sulfide) groups is 1. The molecule has 120 valence electrons. The number of hydrogen-bond donors (Lipinski definition) is 1.